The van der Waals surface area contributed by atoms with Gasteiger partial charge in [0.25, 0.3) is 0 Å². The first-order valence-corrected chi connectivity index (χ1v) is 19.0. The molecular formula is C54H40. The van der Waals surface area contributed by atoms with E-state index in [0.717, 1.165) is 0 Å². The van der Waals surface area contributed by atoms with Crippen molar-refractivity contribution in [3.05, 3.63) is 205 Å². The van der Waals surface area contributed by atoms with Crippen molar-refractivity contribution in [3.8, 4) is 66.8 Å². The largest absolute Gasteiger partial charge is 0.0622 e. The third-order valence-electron chi connectivity index (χ3n) is 11.7. The first kappa shape index (κ1) is 32.2. The van der Waals surface area contributed by atoms with Gasteiger partial charge in [0.1, 0.15) is 0 Å². The Morgan fingerprint density at radius 1 is 0.296 bits per heavy atom. The molecule has 9 aromatic carbocycles. The quantitative estimate of drug-likeness (QED) is 0.158. The highest BCUT2D eigenvalue weighted by Crippen LogP contribution is 2.53. The van der Waals surface area contributed by atoms with E-state index in [0.29, 0.717) is 0 Å². The minimum atomic E-state index is -0.130. The molecule has 0 nitrogen and oxygen atoms in total. The molecule has 1 aliphatic rings. The average molecular weight is 689 g/mol. The zero-order valence-electron chi connectivity index (χ0n) is 30.9. The molecule has 0 heterocycles. The van der Waals surface area contributed by atoms with E-state index in [1.165, 1.54) is 105 Å². The van der Waals surface area contributed by atoms with Gasteiger partial charge in [-0.05, 0) is 137 Å². The van der Waals surface area contributed by atoms with Gasteiger partial charge in [-0.2, -0.15) is 0 Å². The van der Waals surface area contributed by atoms with Crippen LogP contribution in [0.2, 0.25) is 0 Å². The summed E-state index contributed by atoms with van der Waals surface area (Å²) in [5.41, 5.74) is 18.9. The van der Waals surface area contributed by atoms with Crippen LogP contribution in [-0.4, -0.2) is 0 Å². The van der Waals surface area contributed by atoms with E-state index in [1.807, 2.05) is 0 Å². The normalized spacial score (nSPS) is 12.9. The monoisotopic (exact) mass is 688 g/mol. The van der Waals surface area contributed by atoms with Crippen LogP contribution in [-0.2, 0) is 5.41 Å². The fraction of sp³-hybridized carbons (Fsp3) is 0.0741. The zero-order valence-corrected chi connectivity index (χ0v) is 30.9. The van der Waals surface area contributed by atoms with Gasteiger partial charge in [0.15, 0.2) is 0 Å². The molecule has 0 heteroatoms. The van der Waals surface area contributed by atoms with Crippen molar-refractivity contribution in [3.63, 3.8) is 0 Å². The molecule has 0 atom stereocenters. The Balaban J connectivity index is 1.36. The maximum atomic E-state index is 2.54. The first-order chi connectivity index (χ1) is 26.4. The molecule has 0 spiro atoms. The number of hydrogen-bond acceptors (Lipinski definition) is 0. The van der Waals surface area contributed by atoms with Gasteiger partial charge >= 0.3 is 0 Å². The van der Waals surface area contributed by atoms with E-state index >= 15 is 0 Å². The van der Waals surface area contributed by atoms with Gasteiger partial charge in [-0.3, -0.25) is 0 Å². The van der Waals surface area contributed by atoms with Gasteiger partial charge in [-0.15, -0.1) is 0 Å². The predicted octanol–water partition coefficient (Wildman–Crippen LogP) is 14.9. The second-order valence-corrected chi connectivity index (χ2v) is 15.4. The minimum Gasteiger partial charge on any atom is -0.0622 e. The van der Waals surface area contributed by atoms with Crippen molar-refractivity contribution in [1.29, 1.82) is 0 Å². The Labute approximate surface area is 318 Å². The summed E-state index contributed by atoms with van der Waals surface area (Å²) in [6.07, 6.45) is 0. The number of hydrogen-bond donors (Lipinski definition) is 0. The molecule has 10 rings (SSSR count). The first-order valence-electron chi connectivity index (χ1n) is 19.0. The van der Waals surface area contributed by atoms with Gasteiger partial charge in [0.05, 0.1) is 0 Å². The molecule has 0 amide bonds. The van der Waals surface area contributed by atoms with E-state index in [4.69, 9.17) is 0 Å². The highest BCUT2D eigenvalue weighted by atomic mass is 14.4. The molecule has 0 aromatic heterocycles. The predicted molar refractivity (Wildman–Crippen MR) is 231 cm³/mol. The van der Waals surface area contributed by atoms with Crippen LogP contribution in [0, 0.1) is 6.92 Å². The maximum absolute atomic E-state index is 2.54. The molecule has 0 saturated heterocycles. The van der Waals surface area contributed by atoms with Gasteiger partial charge < -0.3 is 0 Å². The summed E-state index contributed by atoms with van der Waals surface area (Å²) < 4.78 is 0. The molecule has 0 bridgehead atoms. The summed E-state index contributed by atoms with van der Waals surface area (Å²) in [5, 5.41) is 5.09. The fourth-order valence-corrected chi connectivity index (χ4v) is 8.94. The van der Waals surface area contributed by atoms with Crippen LogP contribution in [0.15, 0.2) is 188 Å². The molecule has 0 fully saturated rings. The van der Waals surface area contributed by atoms with Crippen LogP contribution in [0.1, 0.15) is 30.5 Å². The molecule has 256 valence electrons. The molecule has 0 radical (unpaired) electrons. The van der Waals surface area contributed by atoms with E-state index < -0.39 is 0 Å². The third kappa shape index (κ3) is 5.21. The number of rotatable bonds is 5. The van der Waals surface area contributed by atoms with Gasteiger partial charge in [0.2, 0.25) is 0 Å². The second kappa shape index (κ2) is 12.6. The average Bonchev–Trinajstić information content (AvgIpc) is 3.45. The Morgan fingerprint density at radius 2 is 0.759 bits per heavy atom. The summed E-state index contributed by atoms with van der Waals surface area (Å²) in [5.74, 6) is 0. The second-order valence-electron chi connectivity index (χ2n) is 15.4. The van der Waals surface area contributed by atoms with Crippen molar-refractivity contribution in [2.45, 2.75) is 26.2 Å². The van der Waals surface area contributed by atoms with Crippen LogP contribution in [0.3, 0.4) is 0 Å². The van der Waals surface area contributed by atoms with Gasteiger partial charge in [0, 0.05) is 5.41 Å². The lowest BCUT2D eigenvalue weighted by atomic mass is 9.79. The summed E-state index contributed by atoms with van der Waals surface area (Å²) >= 11 is 0. The van der Waals surface area contributed by atoms with Crippen molar-refractivity contribution >= 4 is 21.5 Å². The third-order valence-corrected chi connectivity index (χ3v) is 11.7. The van der Waals surface area contributed by atoms with E-state index in [1.54, 1.807) is 0 Å². The van der Waals surface area contributed by atoms with Crippen molar-refractivity contribution < 1.29 is 0 Å². The van der Waals surface area contributed by atoms with Crippen LogP contribution >= 0.6 is 0 Å². The summed E-state index contributed by atoms with van der Waals surface area (Å²) in [7, 11) is 0. The Kier molecular flexibility index (Phi) is 7.49. The maximum Gasteiger partial charge on any atom is 0.0159 e. The van der Waals surface area contributed by atoms with Gasteiger partial charge in [-0.25, -0.2) is 0 Å². The summed E-state index contributed by atoms with van der Waals surface area (Å²) in [6, 6.07) is 70.0. The highest BCUT2D eigenvalue weighted by molar-refractivity contribution is 6.23. The Morgan fingerprint density at radius 3 is 1.41 bits per heavy atom. The topological polar surface area (TPSA) is 0 Å². The standard InChI is InChI=1S/C54H40/c1-35-24-26-38(27-25-35)41-28-29-45-47(32-41)53(43-21-13-19-40(31-43)37-16-8-5-9-17-37)49-34-51-46(44-22-10-11-23-50(44)54(51,2)3)33-48(49)52(45)42-20-12-18-39(30-42)36-14-6-4-7-15-36/h4-34H,1-3H3. The summed E-state index contributed by atoms with van der Waals surface area (Å²) in [4.78, 5) is 0. The zero-order chi connectivity index (χ0) is 36.4. The van der Waals surface area contributed by atoms with E-state index in [2.05, 4.69) is 209 Å². The van der Waals surface area contributed by atoms with Crippen LogP contribution in [0.25, 0.3) is 88.3 Å². The van der Waals surface area contributed by atoms with Crippen molar-refractivity contribution in [2.75, 3.05) is 0 Å². The molecule has 9 aromatic rings. The highest BCUT2D eigenvalue weighted by Gasteiger charge is 2.36. The lowest BCUT2D eigenvalue weighted by Gasteiger charge is -2.24. The van der Waals surface area contributed by atoms with E-state index in [9.17, 15) is 0 Å². The molecule has 0 aliphatic heterocycles. The Hall–Kier alpha value is -6.50. The molecule has 1 aliphatic carbocycles. The Bertz CT molecular complexity index is 2870. The molecule has 54 heavy (non-hydrogen) atoms. The molecular weight excluding hydrogens is 649 g/mol. The van der Waals surface area contributed by atoms with E-state index in [-0.39, 0.29) is 5.41 Å². The molecule has 0 unspecified atom stereocenters. The molecule has 0 saturated carbocycles. The lowest BCUT2D eigenvalue weighted by molar-refractivity contribution is 0.661. The number of aryl methyl sites for hydroxylation is 1. The van der Waals surface area contributed by atoms with Crippen LogP contribution < -0.4 is 0 Å². The van der Waals surface area contributed by atoms with Crippen LogP contribution in [0.4, 0.5) is 0 Å². The minimum absolute atomic E-state index is 0.130. The van der Waals surface area contributed by atoms with Crippen molar-refractivity contribution in [1.82, 2.24) is 0 Å². The number of fused-ring (bicyclic) bond motifs is 5. The smallest absolute Gasteiger partial charge is 0.0159 e. The SMILES string of the molecule is Cc1ccc(-c2ccc3c(-c4cccc(-c5ccccc5)c4)c4cc5c(cc4c(-c4cccc(-c6ccccc6)c4)c3c2)C(C)(C)c2ccccc2-5)cc1. The lowest BCUT2D eigenvalue weighted by Crippen LogP contribution is -2.14. The van der Waals surface area contributed by atoms with Crippen LogP contribution in [0.5, 0.6) is 0 Å². The summed E-state index contributed by atoms with van der Waals surface area (Å²) in [6.45, 7) is 6.93. The molecule has 0 N–H and O–H groups in total. The fourth-order valence-electron chi connectivity index (χ4n) is 8.94. The van der Waals surface area contributed by atoms with Gasteiger partial charge in [-0.1, -0.05) is 177 Å². The van der Waals surface area contributed by atoms with Crippen molar-refractivity contribution in [2.24, 2.45) is 0 Å². The number of benzene rings is 9.